The quantitative estimate of drug-likeness (QED) is 0.294. The molecule has 0 saturated heterocycles. The fourth-order valence-electron chi connectivity index (χ4n) is 2.88. The van der Waals surface area contributed by atoms with Gasteiger partial charge in [-0.3, -0.25) is 0 Å². The fourth-order valence-corrected chi connectivity index (χ4v) is 2.88. The average molecular weight is 298 g/mol. The summed E-state index contributed by atoms with van der Waals surface area (Å²) >= 11 is 0. The average Bonchev–Trinajstić information content (AvgIpc) is 2.50. The first kappa shape index (κ1) is 21.0. The zero-order valence-electron chi connectivity index (χ0n) is 14.7. The number of unbranched alkanes of at least 4 members (excludes halogenated alkanes) is 9. The van der Waals surface area contributed by atoms with Crippen molar-refractivity contribution in [2.45, 2.75) is 103 Å². The number of rotatable bonds is 17. The summed E-state index contributed by atoms with van der Waals surface area (Å²) in [5, 5.41) is 8.82. The highest BCUT2D eigenvalue weighted by Gasteiger charge is 2.11. The molecule has 0 bridgehead atoms. The maximum absolute atomic E-state index is 8.82. The number of aliphatic hydroxyl groups excluding tert-OH is 1. The van der Waals surface area contributed by atoms with Gasteiger partial charge in [0.15, 0.2) is 0 Å². The molecule has 0 radical (unpaired) electrons. The molecule has 0 aliphatic carbocycles. The topological polar surface area (TPSA) is 29.5 Å². The summed E-state index contributed by atoms with van der Waals surface area (Å²) in [6.07, 6.45) is 17.7. The molecule has 0 aromatic heterocycles. The van der Waals surface area contributed by atoms with E-state index in [1.165, 1.54) is 83.5 Å². The Morgan fingerprint density at radius 3 is 1.71 bits per heavy atom. The second-order valence-corrected chi connectivity index (χ2v) is 6.42. The van der Waals surface area contributed by atoms with Crippen molar-refractivity contribution in [2.75, 3.05) is 13.2 Å². The maximum Gasteiger partial charge on any atom is 0.278 e. The number of aliphatic hydroxyl groups is 1. The first-order chi connectivity index (χ1) is 10.3. The minimum atomic E-state index is 0.153. The Kier molecular flexibility index (Phi) is 18.0. The van der Waals surface area contributed by atoms with Gasteiger partial charge in [0.25, 0.3) is 7.48 Å². The molecular formula is C18H39BO2. The Labute approximate surface area is 134 Å². The predicted molar refractivity (Wildman–Crippen MR) is 95.3 cm³/mol. The van der Waals surface area contributed by atoms with Crippen molar-refractivity contribution in [1.82, 2.24) is 0 Å². The lowest BCUT2D eigenvalue weighted by Gasteiger charge is -2.15. The van der Waals surface area contributed by atoms with Gasteiger partial charge in [-0.15, -0.1) is 0 Å². The van der Waals surface area contributed by atoms with Crippen LogP contribution >= 0.6 is 0 Å². The van der Waals surface area contributed by atoms with Crippen LogP contribution in [-0.4, -0.2) is 25.8 Å². The number of hydrogen-bond acceptors (Lipinski definition) is 2. The lowest BCUT2D eigenvalue weighted by molar-refractivity contribution is 0.203. The molecule has 0 rings (SSSR count). The molecule has 0 heterocycles. The molecule has 126 valence electrons. The van der Waals surface area contributed by atoms with Crippen LogP contribution in [0, 0.1) is 0 Å². The zero-order chi connectivity index (χ0) is 15.6. The standard InChI is InChI=1S/C18H39BO2/c1-3-5-7-9-11-13-15-18(19-21-17-16-20)14-12-10-8-6-4-2/h18-20H,3-17H2,1-2H3. The van der Waals surface area contributed by atoms with Gasteiger partial charge in [0.05, 0.1) is 13.2 Å². The Morgan fingerprint density at radius 1 is 0.762 bits per heavy atom. The Hall–Kier alpha value is -0.0151. The van der Waals surface area contributed by atoms with Gasteiger partial charge < -0.3 is 9.76 Å². The smallest absolute Gasteiger partial charge is 0.278 e. The second kappa shape index (κ2) is 18.0. The van der Waals surface area contributed by atoms with E-state index in [1.807, 2.05) is 0 Å². The van der Waals surface area contributed by atoms with Crippen molar-refractivity contribution in [2.24, 2.45) is 0 Å². The molecule has 3 heteroatoms. The van der Waals surface area contributed by atoms with Crippen LogP contribution in [0.25, 0.3) is 0 Å². The minimum absolute atomic E-state index is 0.153. The van der Waals surface area contributed by atoms with E-state index < -0.39 is 0 Å². The molecule has 1 unspecified atom stereocenters. The van der Waals surface area contributed by atoms with Gasteiger partial charge in [-0.2, -0.15) is 0 Å². The van der Waals surface area contributed by atoms with Crippen LogP contribution in [0.5, 0.6) is 0 Å². The highest BCUT2D eigenvalue weighted by Crippen LogP contribution is 2.23. The third-order valence-electron chi connectivity index (χ3n) is 4.27. The van der Waals surface area contributed by atoms with Crippen molar-refractivity contribution in [3.05, 3.63) is 0 Å². The first-order valence-corrected chi connectivity index (χ1v) is 9.53. The second-order valence-electron chi connectivity index (χ2n) is 6.42. The Balaban J connectivity index is 3.64. The Bertz CT molecular complexity index is 188. The summed E-state index contributed by atoms with van der Waals surface area (Å²) in [6, 6.07) is 0. The van der Waals surface area contributed by atoms with Gasteiger partial charge in [-0.1, -0.05) is 97.3 Å². The van der Waals surface area contributed by atoms with E-state index in [0.29, 0.717) is 12.4 Å². The normalized spacial score (nSPS) is 12.5. The third kappa shape index (κ3) is 16.2. The minimum Gasteiger partial charge on any atom is -0.437 e. The molecule has 0 saturated carbocycles. The van der Waals surface area contributed by atoms with Gasteiger partial charge in [-0.25, -0.2) is 0 Å². The zero-order valence-corrected chi connectivity index (χ0v) is 14.7. The molecule has 0 fully saturated rings. The van der Waals surface area contributed by atoms with Gasteiger partial charge >= 0.3 is 0 Å². The van der Waals surface area contributed by atoms with Crippen molar-refractivity contribution in [3.8, 4) is 0 Å². The van der Waals surface area contributed by atoms with E-state index in [2.05, 4.69) is 13.8 Å². The van der Waals surface area contributed by atoms with E-state index in [-0.39, 0.29) is 6.61 Å². The van der Waals surface area contributed by atoms with E-state index >= 15 is 0 Å². The first-order valence-electron chi connectivity index (χ1n) is 9.53. The molecule has 21 heavy (non-hydrogen) atoms. The van der Waals surface area contributed by atoms with Crippen molar-refractivity contribution >= 4 is 7.48 Å². The van der Waals surface area contributed by atoms with E-state index in [9.17, 15) is 0 Å². The highest BCUT2D eigenvalue weighted by atomic mass is 16.4. The molecule has 0 aromatic rings. The van der Waals surface area contributed by atoms with Crippen LogP contribution in [0.1, 0.15) is 97.3 Å². The number of hydrogen-bond donors (Lipinski definition) is 1. The molecule has 0 aromatic carbocycles. The summed E-state index contributed by atoms with van der Waals surface area (Å²) < 4.78 is 5.57. The van der Waals surface area contributed by atoms with Crippen LogP contribution in [-0.2, 0) is 4.65 Å². The molecule has 0 aliphatic rings. The van der Waals surface area contributed by atoms with Crippen LogP contribution in [0.4, 0.5) is 0 Å². The SMILES string of the molecule is CCCCCCCCC(BOCCO)CCCCCCC. The summed E-state index contributed by atoms with van der Waals surface area (Å²) in [5.41, 5.74) is 0. The fraction of sp³-hybridized carbons (Fsp3) is 1.00. The molecule has 0 spiro atoms. The molecule has 1 N–H and O–H groups in total. The van der Waals surface area contributed by atoms with Crippen molar-refractivity contribution < 1.29 is 9.76 Å². The van der Waals surface area contributed by atoms with Gasteiger partial charge in [-0.05, 0) is 5.82 Å². The molecular weight excluding hydrogens is 259 g/mol. The summed E-state index contributed by atoms with van der Waals surface area (Å²) in [4.78, 5) is 0. The summed E-state index contributed by atoms with van der Waals surface area (Å²) in [6.45, 7) is 5.19. The molecule has 1 atom stereocenters. The highest BCUT2D eigenvalue weighted by molar-refractivity contribution is 6.29. The molecule has 0 amide bonds. The van der Waals surface area contributed by atoms with Crippen molar-refractivity contribution in [1.29, 1.82) is 0 Å². The van der Waals surface area contributed by atoms with Crippen LogP contribution in [0.3, 0.4) is 0 Å². The molecule has 0 aliphatic heterocycles. The lowest BCUT2D eigenvalue weighted by atomic mass is 9.73. The predicted octanol–water partition coefficient (Wildman–Crippen LogP) is 5.25. The largest absolute Gasteiger partial charge is 0.437 e. The summed E-state index contributed by atoms with van der Waals surface area (Å²) in [5.74, 6) is 0.712. The van der Waals surface area contributed by atoms with Crippen LogP contribution in [0.2, 0.25) is 5.82 Å². The van der Waals surface area contributed by atoms with Crippen LogP contribution in [0.15, 0.2) is 0 Å². The van der Waals surface area contributed by atoms with Gasteiger partial charge in [0.1, 0.15) is 0 Å². The Morgan fingerprint density at radius 2 is 1.24 bits per heavy atom. The maximum atomic E-state index is 8.82. The molecule has 2 nitrogen and oxygen atoms in total. The third-order valence-corrected chi connectivity index (χ3v) is 4.27. The van der Waals surface area contributed by atoms with E-state index in [4.69, 9.17) is 9.76 Å². The van der Waals surface area contributed by atoms with Gasteiger partial charge in [0, 0.05) is 0 Å². The van der Waals surface area contributed by atoms with E-state index in [0.717, 1.165) is 7.48 Å². The lowest BCUT2D eigenvalue weighted by Crippen LogP contribution is -2.11. The van der Waals surface area contributed by atoms with E-state index in [1.54, 1.807) is 0 Å². The van der Waals surface area contributed by atoms with Crippen molar-refractivity contribution in [3.63, 3.8) is 0 Å². The van der Waals surface area contributed by atoms with Gasteiger partial charge in [0.2, 0.25) is 0 Å². The van der Waals surface area contributed by atoms with Crippen LogP contribution < -0.4 is 0 Å². The monoisotopic (exact) mass is 298 g/mol. The summed E-state index contributed by atoms with van der Waals surface area (Å²) in [7, 11) is 0.850.